The molecule has 53 heavy (non-hydrogen) atoms. The van der Waals surface area contributed by atoms with Crippen molar-refractivity contribution in [2.75, 3.05) is 4.90 Å². The normalized spacial score (nSPS) is 13.0. The maximum atomic E-state index is 2.45. The molecule has 0 saturated heterocycles. The molecular weight excluding hydrogens is 639 g/mol. The second-order valence-corrected chi connectivity index (χ2v) is 14.1. The van der Waals surface area contributed by atoms with Crippen molar-refractivity contribution in [2.45, 2.75) is 12.8 Å². The maximum absolute atomic E-state index is 2.45. The van der Waals surface area contributed by atoms with E-state index in [1.54, 1.807) is 0 Å². The topological polar surface area (TPSA) is 3.24 Å². The lowest BCUT2D eigenvalue weighted by Crippen LogP contribution is -2.18. The van der Waals surface area contributed by atoms with Gasteiger partial charge < -0.3 is 4.90 Å². The summed E-state index contributed by atoms with van der Waals surface area (Å²) in [4.78, 5) is 2.45. The van der Waals surface area contributed by atoms with Crippen LogP contribution in [0.3, 0.4) is 0 Å². The Morgan fingerprint density at radius 1 is 0.321 bits per heavy atom. The van der Waals surface area contributed by atoms with E-state index in [1.807, 2.05) is 0 Å². The van der Waals surface area contributed by atoms with Crippen LogP contribution >= 0.6 is 0 Å². The van der Waals surface area contributed by atoms with Crippen LogP contribution in [0.15, 0.2) is 206 Å². The first-order valence-corrected chi connectivity index (χ1v) is 18.5. The predicted molar refractivity (Wildman–Crippen MR) is 228 cm³/mol. The molecule has 250 valence electrons. The summed E-state index contributed by atoms with van der Waals surface area (Å²) in [7, 11) is 0. The highest BCUT2D eigenvalue weighted by molar-refractivity contribution is 6.20. The molecule has 0 radical (unpaired) electrons. The van der Waals surface area contributed by atoms with Crippen molar-refractivity contribution in [2.24, 2.45) is 0 Å². The second kappa shape index (κ2) is 13.1. The van der Waals surface area contributed by atoms with Gasteiger partial charge in [-0.2, -0.15) is 0 Å². The third kappa shape index (κ3) is 5.77. The Bertz CT molecular complexity index is 2870. The fourth-order valence-corrected chi connectivity index (χ4v) is 8.19. The zero-order valence-electron chi connectivity index (χ0n) is 29.4. The summed E-state index contributed by atoms with van der Waals surface area (Å²) in [5.74, 6) is 0. The summed E-state index contributed by atoms with van der Waals surface area (Å²) in [5.41, 5.74) is 11.2. The highest BCUT2D eigenvalue weighted by Gasteiger charge is 2.19. The molecule has 0 N–H and O–H groups in total. The number of benzene rings is 9. The largest absolute Gasteiger partial charge is 0.314 e. The first-order chi connectivity index (χ1) is 26.2. The summed E-state index contributed by atoms with van der Waals surface area (Å²) in [6, 6.07) is 68.8. The van der Waals surface area contributed by atoms with Crippen LogP contribution < -0.4 is 4.90 Å². The third-order valence-electron chi connectivity index (χ3n) is 10.9. The Balaban J connectivity index is 1.06. The van der Waals surface area contributed by atoms with Crippen LogP contribution in [0.4, 0.5) is 11.4 Å². The van der Waals surface area contributed by atoms with Crippen molar-refractivity contribution in [1.29, 1.82) is 0 Å². The number of fused-ring (bicyclic) bond motifs is 6. The molecule has 1 aliphatic rings. The van der Waals surface area contributed by atoms with Crippen molar-refractivity contribution >= 4 is 60.0 Å². The smallest absolute Gasteiger partial charge is 0.0464 e. The number of nitrogens with zero attached hydrogens (tertiary/aromatic N) is 1. The number of hydrogen-bond donors (Lipinski definition) is 0. The van der Waals surface area contributed by atoms with E-state index < -0.39 is 0 Å². The zero-order valence-corrected chi connectivity index (χ0v) is 29.4. The Morgan fingerprint density at radius 3 is 1.74 bits per heavy atom. The Hall–Kier alpha value is -6.70. The minimum atomic E-state index is 0.934. The summed E-state index contributed by atoms with van der Waals surface area (Å²) >= 11 is 0. The molecule has 9 aromatic carbocycles. The molecule has 1 aliphatic carbocycles. The van der Waals surface area contributed by atoms with Gasteiger partial charge in [-0.1, -0.05) is 158 Å². The zero-order chi connectivity index (χ0) is 35.1. The van der Waals surface area contributed by atoms with E-state index in [0.717, 1.165) is 24.2 Å². The van der Waals surface area contributed by atoms with E-state index in [4.69, 9.17) is 0 Å². The molecule has 1 nitrogen and oxygen atoms in total. The fourth-order valence-electron chi connectivity index (χ4n) is 8.19. The lowest BCUT2D eigenvalue weighted by Gasteiger charge is -2.30. The monoisotopic (exact) mass is 675 g/mol. The maximum Gasteiger partial charge on any atom is 0.0464 e. The Kier molecular flexibility index (Phi) is 7.69. The molecule has 0 atom stereocenters. The summed E-state index contributed by atoms with van der Waals surface area (Å²) < 4.78 is 0. The quantitative estimate of drug-likeness (QED) is 0.159. The summed E-state index contributed by atoms with van der Waals surface area (Å²) in [5, 5.41) is 10.3. The van der Waals surface area contributed by atoms with E-state index in [-0.39, 0.29) is 0 Å². The molecule has 0 aromatic heterocycles. The average Bonchev–Trinajstić information content (AvgIpc) is 3.24. The summed E-state index contributed by atoms with van der Waals surface area (Å²) in [6.45, 7) is 0. The Morgan fingerprint density at radius 2 is 0.925 bits per heavy atom. The van der Waals surface area contributed by atoms with E-state index in [1.165, 1.54) is 82.2 Å². The van der Waals surface area contributed by atoms with Crippen molar-refractivity contribution in [1.82, 2.24) is 0 Å². The van der Waals surface area contributed by atoms with Crippen molar-refractivity contribution in [3.05, 3.63) is 211 Å². The van der Waals surface area contributed by atoms with Gasteiger partial charge in [0.05, 0.1) is 0 Å². The molecule has 10 rings (SSSR count). The van der Waals surface area contributed by atoms with Crippen molar-refractivity contribution < 1.29 is 0 Å². The second-order valence-electron chi connectivity index (χ2n) is 14.1. The molecule has 0 saturated carbocycles. The first kappa shape index (κ1) is 31.1. The highest BCUT2D eigenvalue weighted by Crippen LogP contribution is 2.40. The molecule has 0 aliphatic heterocycles. The van der Waals surface area contributed by atoms with Crippen LogP contribution in [0.5, 0.6) is 0 Å². The lowest BCUT2D eigenvalue weighted by atomic mass is 9.91. The van der Waals surface area contributed by atoms with E-state index in [9.17, 15) is 0 Å². The van der Waals surface area contributed by atoms with Crippen LogP contribution in [0, 0.1) is 0 Å². The van der Waals surface area contributed by atoms with Gasteiger partial charge >= 0.3 is 0 Å². The van der Waals surface area contributed by atoms with E-state index in [0.29, 0.717) is 0 Å². The summed E-state index contributed by atoms with van der Waals surface area (Å²) in [6.07, 6.45) is 6.59. The molecule has 9 aromatic rings. The van der Waals surface area contributed by atoms with Gasteiger partial charge in [0.1, 0.15) is 0 Å². The number of anilines is 2. The number of allylic oxidation sites excluding steroid dienone is 4. The molecule has 0 amide bonds. The molecule has 0 heterocycles. The molecule has 0 bridgehead atoms. The van der Waals surface area contributed by atoms with Gasteiger partial charge in [0, 0.05) is 17.1 Å². The van der Waals surface area contributed by atoms with Crippen LogP contribution in [0.2, 0.25) is 0 Å². The predicted octanol–water partition coefficient (Wildman–Crippen LogP) is 14.5. The molecular formula is C52H37N. The van der Waals surface area contributed by atoms with Crippen molar-refractivity contribution in [3.63, 3.8) is 0 Å². The fraction of sp³-hybridized carbons (Fsp3) is 0.0385. The van der Waals surface area contributed by atoms with Gasteiger partial charge in [-0.15, -0.1) is 0 Å². The number of hydrogen-bond acceptors (Lipinski definition) is 1. The molecule has 0 unspecified atom stereocenters. The first-order valence-electron chi connectivity index (χ1n) is 18.5. The molecule has 0 spiro atoms. The van der Waals surface area contributed by atoms with Gasteiger partial charge in [0.15, 0.2) is 0 Å². The van der Waals surface area contributed by atoms with Gasteiger partial charge in [-0.3, -0.25) is 0 Å². The lowest BCUT2D eigenvalue weighted by molar-refractivity contribution is 0.930. The third-order valence-corrected chi connectivity index (χ3v) is 10.9. The minimum Gasteiger partial charge on any atom is -0.314 e. The SMILES string of the molecule is C1=C(c2ccc3ccc4ccc5ccccc5c4c3c2)CCC(N(c2ccc(-c3ccccc3)cc2)c2cccc(-c3ccc4ccccc4c3)c2)=C1. The highest BCUT2D eigenvalue weighted by atomic mass is 15.1. The molecule has 1 heteroatoms. The number of rotatable bonds is 6. The standard InChI is InChI=1S/C52H37N/c1-2-9-36(10-3-1)38-25-29-47(30-26-38)53(49-15-8-14-44(34-49)45-23-17-37-11-4-5-13-43(37)33-45)48-31-27-39(28-32-48)46-24-20-41-19-22-42-21-18-40-12-6-7-16-50(40)52(42)51(41)35-46/h1-27,29-31,33-35H,28,32H2. The van der Waals surface area contributed by atoms with Crippen LogP contribution in [0.1, 0.15) is 18.4 Å². The van der Waals surface area contributed by atoms with E-state index >= 15 is 0 Å². The average molecular weight is 676 g/mol. The van der Waals surface area contributed by atoms with Crippen molar-refractivity contribution in [3.8, 4) is 22.3 Å². The van der Waals surface area contributed by atoms with Crippen LogP contribution in [0.25, 0.3) is 70.9 Å². The van der Waals surface area contributed by atoms with Gasteiger partial charge in [0.25, 0.3) is 0 Å². The van der Waals surface area contributed by atoms with E-state index in [2.05, 4.69) is 205 Å². The van der Waals surface area contributed by atoms with Gasteiger partial charge in [-0.25, -0.2) is 0 Å². The molecule has 0 fully saturated rings. The Labute approximate surface area is 310 Å². The minimum absolute atomic E-state index is 0.934. The van der Waals surface area contributed by atoms with Crippen LogP contribution in [-0.2, 0) is 0 Å². The van der Waals surface area contributed by atoms with Gasteiger partial charge in [0.2, 0.25) is 0 Å². The van der Waals surface area contributed by atoms with Gasteiger partial charge in [-0.05, 0) is 132 Å². The van der Waals surface area contributed by atoms with Crippen LogP contribution in [-0.4, -0.2) is 0 Å².